The zero-order valence-electron chi connectivity index (χ0n) is 10.7. The molecule has 0 saturated carbocycles. The number of aryl methyl sites for hydroxylation is 1. The summed E-state index contributed by atoms with van der Waals surface area (Å²) in [6.07, 6.45) is 0. The van der Waals surface area contributed by atoms with Crippen LogP contribution in [0.15, 0.2) is 22.7 Å². The predicted molar refractivity (Wildman–Crippen MR) is 75.4 cm³/mol. The van der Waals surface area contributed by atoms with Gasteiger partial charge in [0.2, 0.25) is 11.8 Å². The van der Waals surface area contributed by atoms with Crippen LogP contribution in [0.25, 0.3) is 0 Å². The number of halogens is 1. The molecule has 18 heavy (non-hydrogen) atoms. The minimum absolute atomic E-state index is 0.0165. The molecule has 0 saturated heterocycles. The predicted octanol–water partition coefficient (Wildman–Crippen LogP) is 2.47. The maximum Gasteiger partial charge on any atom is 0.243 e. The first-order valence-electron chi connectivity index (χ1n) is 5.74. The molecule has 1 aromatic carbocycles. The molecule has 1 rings (SSSR count). The smallest absolute Gasteiger partial charge is 0.243 e. The minimum atomic E-state index is -0.242. The van der Waals surface area contributed by atoms with Crippen molar-refractivity contribution in [2.45, 2.75) is 20.8 Å². The zero-order valence-corrected chi connectivity index (χ0v) is 12.3. The highest BCUT2D eigenvalue weighted by Crippen LogP contribution is 2.23. The summed E-state index contributed by atoms with van der Waals surface area (Å²) in [5, 5.41) is 5.30. The van der Waals surface area contributed by atoms with Crippen LogP contribution in [0, 0.1) is 12.8 Å². The lowest BCUT2D eigenvalue weighted by Crippen LogP contribution is -2.35. The van der Waals surface area contributed by atoms with E-state index in [4.69, 9.17) is 0 Å². The maximum atomic E-state index is 11.6. The van der Waals surface area contributed by atoms with E-state index in [1.54, 1.807) is 13.8 Å². The number of carbonyl (C=O) groups excluding carboxylic acids is 2. The van der Waals surface area contributed by atoms with Gasteiger partial charge in [0.1, 0.15) is 0 Å². The second kappa shape index (κ2) is 6.54. The largest absolute Gasteiger partial charge is 0.347 e. The molecule has 98 valence electrons. The molecule has 2 N–H and O–H groups in total. The number of rotatable bonds is 4. The summed E-state index contributed by atoms with van der Waals surface area (Å²) in [4.78, 5) is 22.9. The molecule has 0 heterocycles. The van der Waals surface area contributed by atoms with Gasteiger partial charge in [0.05, 0.1) is 12.2 Å². The van der Waals surface area contributed by atoms with Gasteiger partial charge in [-0.2, -0.15) is 0 Å². The van der Waals surface area contributed by atoms with E-state index in [2.05, 4.69) is 26.6 Å². The Morgan fingerprint density at radius 3 is 2.56 bits per heavy atom. The number of benzene rings is 1. The first kappa shape index (κ1) is 14.7. The number of carbonyl (C=O) groups is 2. The number of hydrogen-bond acceptors (Lipinski definition) is 2. The monoisotopic (exact) mass is 312 g/mol. The fourth-order valence-corrected chi connectivity index (χ4v) is 1.88. The van der Waals surface area contributed by atoms with Crippen LogP contribution in [-0.4, -0.2) is 18.4 Å². The summed E-state index contributed by atoms with van der Waals surface area (Å²) >= 11 is 3.38. The van der Waals surface area contributed by atoms with Crippen molar-refractivity contribution in [3.8, 4) is 0 Å². The summed E-state index contributed by atoms with van der Waals surface area (Å²) in [6.45, 7) is 5.52. The van der Waals surface area contributed by atoms with Gasteiger partial charge >= 0.3 is 0 Å². The Hall–Kier alpha value is -1.36. The summed E-state index contributed by atoms with van der Waals surface area (Å²) in [6, 6.07) is 5.65. The molecule has 0 radical (unpaired) electrons. The van der Waals surface area contributed by atoms with Crippen molar-refractivity contribution in [3.05, 3.63) is 28.2 Å². The van der Waals surface area contributed by atoms with Gasteiger partial charge in [-0.3, -0.25) is 9.59 Å². The van der Waals surface area contributed by atoms with E-state index in [1.807, 2.05) is 25.1 Å². The van der Waals surface area contributed by atoms with Gasteiger partial charge in [0.15, 0.2) is 0 Å². The zero-order chi connectivity index (χ0) is 13.7. The third kappa shape index (κ3) is 4.49. The van der Waals surface area contributed by atoms with E-state index in [1.165, 1.54) is 0 Å². The van der Waals surface area contributed by atoms with Gasteiger partial charge < -0.3 is 10.6 Å². The van der Waals surface area contributed by atoms with Gasteiger partial charge in [0, 0.05) is 10.4 Å². The Balaban J connectivity index is 2.52. The number of amides is 2. The Labute approximate surface area is 115 Å². The quantitative estimate of drug-likeness (QED) is 0.897. The normalized spacial score (nSPS) is 10.3. The number of nitrogens with one attached hydrogen (secondary N) is 2. The van der Waals surface area contributed by atoms with E-state index in [0.717, 1.165) is 10.0 Å². The third-order valence-electron chi connectivity index (χ3n) is 2.35. The average molecular weight is 313 g/mol. The van der Waals surface area contributed by atoms with Crippen molar-refractivity contribution in [1.82, 2.24) is 5.32 Å². The standard InChI is InChI=1S/C13H17BrN2O2/c1-8(2)13(18)15-7-12(17)16-11-5-4-9(3)6-10(11)14/h4-6,8H,7H2,1-3H3,(H,15,18)(H,16,17). The maximum absolute atomic E-state index is 11.6. The van der Waals surface area contributed by atoms with Crippen LogP contribution in [0.4, 0.5) is 5.69 Å². The van der Waals surface area contributed by atoms with Crippen LogP contribution in [0.5, 0.6) is 0 Å². The summed E-state index contributed by atoms with van der Waals surface area (Å²) in [5.41, 5.74) is 1.80. The highest BCUT2D eigenvalue weighted by Gasteiger charge is 2.10. The van der Waals surface area contributed by atoms with Crippen molar-refractivity contribution in [3.63, 3.8) is 0 Å². The van der Waals surface area contributed by atoms with Gasteiger partial charge in [0.25, 0.3) is 0 Å². The van der Waals surface area contributed by atoms with Crippen LogP contribution in [0.1, 0.15) is 19.4 Å². The second-order valence-corrected chi connectivity index (χ2v) is 5.26. The van der Waals surface area contributed by atoms with Gasteiger partial charge in [-0.05, 0) is 40.5 Å². The number of anilines is 1. The van der Waals surface area contributed by atoms with Crippen molar-refractivity contribution < 1.29 is 9.59 Å². The van der Waals surface area contributed by atoms with Crippen LogP contribution in [0.2, 0.25) is 0 Å². The summed E-state index contributed by atoms with van der Waals surface area (Å²) in [5.74, 6) is -0.495. The number of hydrogen-bond donors (Lipinski definition) is 2. The lowest BCUT2D eigenvalue weighted by atomic mass is 10.2. The molecular weight excluding hydrogens is 296 g/mol. The molecule has 0 fully saturated rings. The second-order valence-electron chi connectivity index (χ2n) is 4.40. The molecule has 0 aliphatic rings. The molecule has 0 atom stereocenters. The van der Waals surface area contributed by atoms with Crippen molar-refractivity contribution >= 4 is 33.4 Å². The molecule has 0 aromatic heterocycles. The fourth-order valence-electron chi connectivity index (χ4n) is 1.29. The minimum Gasteiger partial charge on any atom is -0.347 e. The van der Waals surface area contributed by atoms with Gasteiger partial charge in [-0.1, -0.05) is 19.9 Å². The Morgan fingerprint density at radius 1 is 1.33 bits per heavy atom. The van der Waals surface area contributed by atoms with E-state index in [9.17, 15) is 9.59 Å². The molecule has 4 nitrogen and oxygen atoms in total. The van der Waals surface area contributed by atoms with E-state index in [-0.39, 0.29) is 24.3 Å². The highest BCUT2D eigenvalue weighted by atomic mass is 79.9. The Morgan fingerprint density at radius 2 is 2.00 bits per heavy atom. The molecule has 0 bridgehead atoms. The lowest BCUT2D eigenvalue weighted by Gasteiger charge is -2.10. The Bertz CT molecular complexity index is 458. The molecule has 0 unspecified atom stereocenters. The van der Waals surface area contributed by atoms with Gasteiger partial charge in [-0.25, -0.2) is 0 Å². The van der Waals surface area contributed by atoms with Crippen molar-refractivity contribution in [2.75, 3.05) is 11.9 Å². The van der Waals surface area contributed by atoms with Crippen LogP contribution in [0.3, 0.4) is 0 Å². The molecule has 5 heteroatoms. The van der Waals surface area contributed by atoms with Crippen LogP contribution in [-0.2, 0) is 9.59 Å². The summed E-state index contributed by atoms with van der Waals surface area (Å²) in [7, 11) is 0. The highest BCUT2D eigenvalue weighted by molar-refractivity contribution is 9.10. The van der Waals surface area contributed by atoms with Gasteiger partial charge in [-0.15, -0.1) is 0 Å². The molecule has 0 aliphatic carbocycles. The fraction of sp³-hybridized carbons (Fsp3) is 0.385. The molecular formula is C13H17BrN2O2. The Kier molecular flexibility index (Phi) is 5.34. The van der Waals surface area contributed by atoms with E-state index < -0.39 is 0 Å². The van der Waals surface area contributed by atoms with Crippen LogP contribution >= 0.6 is 15.9 Å². The summed E-state index contributed by atoms with van der Waals surface area (Å²) < 4.78 is 0.825. The molecule has 2 amide bonds. The van der Waals surface area contributed by atoms with Crippen molar-refractivity contribution in [2.24, 2.45) is 5.92 Å². The SMILES string of the molecule is Cc1ccc(NC(=O)CNC(=O)C(C)C)c(Br)c1. The molecule has 1 aromatic rings. The molecule has 0 aliphatic heterocycles. The van der Waals surface area contributed by atoms with Crippen LogP contribution < -0.4 is 10.6 Å². The first-order chi connectivity index (χ1) is 8.40. The lowest BCUT2D eigenvalue weighted by molar-refractivity contribution is -0.126. The third-order valence-corrected chi connectivity index (χ3v) is 3.00. The van der Waals surface area contributed by atoms with E-state index in [0.29, 0.717) is 5.69 Å². The van der Waals surface area contributed by atoms with Crippen molar-refractivity contribution in [1.29, 1.82) is 0 Å². The first-order valence-corrected chi connectivity index (χ1v) is 6.53. The average Bonchev–Trinajstić information content (AvgIpc) is 2.29. The topological polar surface area (TPSA) is 58.2 Å². The molecule has 0 spiro atoms. The van der Waals surface area contributed by atoms with E-state index >= 15 is 0 Å².